The Morgan fingerprint density at radius 2 is 2.28 bits per heavy atom. The molecule has 0 bridgehead atoms. The molecule has 0 aromatic carbocycles. The molecule has 0 aliphatic carbocycles. The summed E-state index contributed by atoms with van der Waals surface area (Å²) in [6, 6.07) is 3.23. The van der Waals surface area contributed by atoms with Gasteiger partial charge < -0.3 is 19.7 Å². The molecule has 0 aliphatic rings. The first-order chi connectivity index (χ1) is 8.54. The molecule has 6 nitrogen and oxygen atoms in total. The van der Waals surface area contributed by atoms with E-state index in [-0.39, 0.29) is 18.5 Å². The number of carboxylic acids is 1. The van der Waals surface area contributed by atoms with E-state index < -0.39 is 5.97 Å². The molecule has 0 aliphatic heterocycles. The van der Waals surface area contributed by atoms with E-state index in [1.165, 1.54) is 4.57 Å². The Morgan fingerprint density at radius 1 is 1.56 bits per heavy atom. The van der Waals surface area contributed by atoms with Crippen LogP contribution in [0.25, 0.3) is 0 Å². The van der Waals surface area contributed by atoms with Gasteiger partial charge in [0, 0.05) is 26.0 Å². The molecule has 1 rings (SSSR count). The van der Waals surface area contributed by atoms with Crippen LogP contribution in [0.15, 0.2) is 18.3 Å². The monoisotopic (exact) mass is 254 g/mol. The highest BCUT2D eigenvalue weighted by atomic mass is 16.5. The van der Waals surface area contributed by atoms with Crippen LogP contribution < -0.4 is 5.32 Å². The molecule has 1 aromatic rings. The van der Waals surface area contributed by atoms with E-state index in [1.54, 1.807) is 25.4 Å². The standard InChI is InChI=1S/C12H18N2O4/c1-9(5-7-18-2)13-12(17)10-4-3-6-14(10)8-11(15)16/h3-4,6,9H,5,7-8H2,1-2H3,(H,13,17)(H,15,16). The van der Waals surface area contributed by atoms with E-state index in [0.717, 1.165) is 0 Å². The zero-order valence-electron chi connectivity index (χ0n) is 10.5. The maximum atomic E-state index is 11.9. The second kappa shape index (κ2) is 6.80. The largest absolute Gasteiger partial charge is 0.480 e. The van der Waals surface area contributed by atoms with Gasteiger partial charge >= 0.3 is 5.97 Å². The Balaban J connectivity index is 2.61. The van der Waals surface area contributed by atoms with Crippen molar-refractivity contribution in [3.8, 4) is 0 Å². The predicted octanol–water partition coefficient (Wildman–Crippen LogP) is 0.728. The van der Waals surface area contributed by atoms with Crippen molar-refractivity contribution in [3.63, 3.8) is 0 Å². The van der Waals surface area contributed by atoms with Crippen molar-refractivity contribution in [2.24, 2.45) is 0 Å². The quantitative estimate of drug-likeness (QED) is 0.751. The number of hydrogen-bond acceptors (Lipinski definition) is 3. The van der Waals surface area contributed by atoms with Gasteiger partial charge in [0.1, 0.15) is 12.2 Å². The number of carboxylic acid groups (broad SMARTS) is 1. The Kier molecular flexibility index (Phi) is 5.38. The average Bonchev–Trinajstić information content (AvgIpc) is 2.73. The molecule has 0 radical (unpaired) electrons. The van der Waals surface area contributed by atoms with Gasteiger partial charge in [0.15, 0.2) is 0 Å². The van der Waals surface area contributed by atoms with Crippen molar-refractivity contribution >= 4 is 11.9 Å². The van der Waals surface area contributed by atoms with Crippen molar-refractivity contribution in [1.82, 2.24) is 9.88 Å². The summed E-state index contributed by atoms with van der Waals surface area (Å²) in [6.45, 7) is 2.22. The number of nitrogens with one attached hydrogen (secondary N) is 1. The van der Waals surface area contributed by atoms with Gasteiger partial charge in [-0.3, -0.25) is 9.59 Å². The summed E-state index contributed by atoms with van der Waals surface area (Å²) in [5.74, 6) is -1.25. The number of aliphatic carboxylic acids is 1. The highest BCUT2D eigenvalue weighted by Gasteiger charge is 2.14. The van der Waals surface area contributed by atoms with Crippen LogP contribution >= 0.6 is 0 Å². The molecule has 0 spiro atoms. The highest BCUT2D eigenvalue weighted by molar-refractivity contribution is 5.93. The maximum Gasteiger partial charge on any atom is 0.323 e. The van der Waals surface area contributed by atoms with Crippen LogP contribution in [0.2, 0.25) is 0 Å². The molecule has 1 atom stereocenters. The molecule has 6 heteroatoms. The second-order valence-electron chi connectivity index (χ2n) is 4.07. The fraction of sp³-hybridized carbons (Fsp3) is 0.500. The van der Waals surface area contributed by atoms with E-state index in [0.29, 0.717) is 18.7 Å². The molecule has 0 fully saturated rings. The Morgan fingerprint density at radius 3 is 2.89 bits per heavy atom. The average molecular weight is 254 g/mol. The van der Waals surface area contributed by atoms with Gasteiger partial charge in [-0.05, 0) is 25.5 Å². The third-order valence-electron chi connectivity index (χ3n) is 2.50. The van der Waals surface area contributed by atoms with Crippen molar-refractivity contribution in [2.45, 2.75) is 25.9 Å². The molecule has 0 saturated carbocycles. The van der Waals surface area contributed by atoms with Crippen molar-refractivity contribution in [1.29, 1.82) is 0 Å². The number of ether oxygens (including phenoxy) is 1. The number of nitrogens with zero attached hydrogens (tertiary/aromatic N) is 1. The Labute approximate surface area is 106 Å². The number of aromatic nitrogens is 1. The Hall–Kier alpha value is -1.82. The van der Waals surface area contributed by atoms with Gasteiger partial charge in [-0.2, -0.15) is 0 Å². The topological polar surface area (TPSA) is 80.6 Å². The van der Waals surface area contributed by atoms with Gasteiger partial charge in [-0.1, -0.05) is 0 Å². The van der Waals surface area contributed by atoms with Crippen LogP contribution in [0.1, 0.15) is 23.8 Å². The zero-order valence-corrected chi connectivity index (χ0v) is 10.5. The summed E-state index contributed by atoms with van der Waals surface area (Å²) in [4.78, 5) is 22.6. The molecule has 100 valence electrons. The minimum atomic E-state index is -0.979. The highest BCUT2D eigenvalue weighted by Crippen LogP contribution is 2.03. The predicted molar refractivity (Wildman–Crippen MR) is 65.5 cm³/mol. The van der Waals surface area contributed by atoms with Crippen LogP contribution in [-0.4, -0.2) is 41.3 Å². The van der Waals surface area contributed by atoms with Crippen molar-refractivity contribution < 1.29 is 19.4 Å². The van der Waals surface area contributed by atoms with Gasteiger partial charge in [0.05, 0.1) is 0 Å². The number of carbonyl (C=O) groups excluding carboxylic acids is 1. The van der Waals surface area contributed by atoms with Gasteiger partial charge in [-0.25, -0.2) is 0 Å². The first kappa shape index (κ1) is 14.2. The lowest BCUT2D eigenvalue weighted by Crippen LogP contribution is -2.34. The number of carbonyl (C=O) groups is 2. The van der Waals surface area contributed by atoms with Gasteiger partial charge in [-0.15, -0.1) is 0 Å². The fourth-order valence-electron chi connectivity index (χ4n) is 1.57. The van der Waals surface area contributed by atoms with Gasteiger partial charge in [0.25, 0.3) is 5.91 Å². The fourth-order valence-corrected chi connectivity index (χ4v) is 1.57. The number of hydrogen-bond donors (Lipinski definition) is 2. The molecule has 0 saturated heterocycles. The van der Waals surface area contributed by atoms with E-state index in [9.17, 15) is 9.59 Å². The summed E-state index contributed by atoms with van der Waals surface area (Å²) < 4.78 is 6.33. The summed E-state index contributed by atoms with van der Waals surface area (Å²) in [5.41, 5.74) is 0.349. The molecule has 2 N–H and O–H groups in total. The first-order valence-corrected chi connectivity index (χ1v) is 5.71. The molecular weight excluding hydrogens is 236 g/mol. The molecule has 18 heavy (non-hydrogen) atoms. The number of rotatable bonds is 7. The zero-order chi connectivity index (χ0) is 13.5. The lowest BCUT2D eigenvalue weighted by molar-refractivity contribution is -0.137. The van der Waals surface area contributed by atoms with Crippen LogP contribution in [0.5, 0.6) is 0 Å². The Bertz CT molecular complexity index is 414. The SMILES string of the molecule is COCCC(C)NC(=O)c1cccn1CC(=O)O. The van der Waals surface area contributed by atoms with Gasteiger partial charge in [0.2, 0.25) is 0 Å². The van der Waals surface area contributed by atoms with Crippen molar-refractivity contribution in [2.75, 3.05) is 13.7 Å². The van der Waals surface area contributed by atoms with Crippen LogP contribution in [0.3, 0.4) is 0 Å². The van der Waals surface area contributed by atoms with E-state index in [2.05, 4.69) is 5.32 Å². The molecule has 1 aromatic heterocycles. The minimum Gasteiger partial charge on any atom is -0.480 e. The number of amides is 1. The first-order valence-electron chi connectivity index (χ1n) is 5.71. The minimum absolute atomic E-state index is 0.0226. The van der Waals surface area contributed by atoms with Crippen LogP contribution in [0.4, 0.5) is 0 Å². The van der Waals surface area contributed by atoms with Crippen LogP contribution in [0, 0.1) is 0 Å². The molecule has 1 amide bonds. The normalized spacial score (nSPS) is 12.1. The van der Waals surface area contributed by atoms with Crippen LogP contribution in [-0.2, 0) is 16.1 Å². The third-order valence-corrected chi connectivity index (χ3v) is 2.50. The summed E-state index contributed by atoms with van der Waals surface area (Å²) in [7, 11) is 1.60. The lowest BCUT2D eigenvalue weighted by Gasteiger charge is -2.14. The maximum absolute atomic E-state index is 11.9. The molecule has 1 heterocycles. The molecule has 1 unspecified atom stereocenters. The van der Waals surface area contributed by atoms with E-state index in [1.807, 2.05) is 6.92 Å². The van der Waals surface area contributed by atoms with E-state index >= 15 is 0 Å². The number of methoxy groups -OCH3 is 1. The summed E-state index contributed by atoms with van der Waals surface area (Å²) in [6.07, 6.45) is 2.28. The third kappa shape index (κ3) is 4.21. The van der Waals surface area contributed by atoms with E-state index in [4.69, 9.17) is 9.84 Å². The second-order valence-corrected chi connectivity index (χ2v) is 4.07. The molecular formula is C12H18N2O4. The summed E-state index contributed by atoms with van der Waals surface area (Å²) in [5, 5.41) is 11.5. The van der Waals surface area contributed by atoms with Crippen molar-refractivity contribution in [3.05, 3.63) is 24.0 Å². The lowest BCUT2D eigenvalue weighted by atomic mass is 10.2. The smallest absolute Gasteiger partial charge is 0.323 e. The summed E-state index contributed by atoms with van der Waals surface area (Å²) >= 11 is 0.